The zero-order valence-corrected chi connectivity index (χ0v) is 17.0. The highest BCUT2D eigenvalue weighted by atomic mass is 16.5. The van der Waals surface area contributed by atoms with Crippen molar-refractivity contribution >= 4 is 23.6 Å². The Kier molecular flexibility index (Phi) is 7.09. The van der Waals surface area contributed by atoms with E-state index in [0.29, 0.717) is 39.0 Å². The summed E-state index contributed by atoms with van der Waals surface area (Å²) in [4.78, 5) is 40.4. The van der Waals surface area contributed by atoms with Gasteiger partial charge < -0.3 is 24.6 Å². The summed E-state index contributed by atoms with van der Waals surface area (Å²) in [6.07, 6.45) is 1.01. The quantitative estimate of drug-likeness (QED) is 0.778. The van der Waals surface area contributed by atoms with E-state index in [1.165, 1.54) is 0 Å². The van der Waals surface area contributed by atoms with Crippen LogP contribution in [-0.2, 0) is 19.1 Å². The number of esters is 1. The second-order valence-corrected chi connectivity index (χ2v) is 7.72. The second kappa shape index (κ2) is 9.73. The average Bonchev–Trinajstić information content (AvgIpc) is 2.72. The molecule has 2 aliphatic heterocycles. The summed E-state index contributed by atoms with van der Waals surface area (Å²) >= 11 is 0. The molecule has 3 amide bonds. The number of amides is 3. The normalized spacial score (nSPS) is 22.8. The molecule has 0 radical (unpaired) electrons. The number of hydrogen-bond donors (Lipinski definition) is 1. The topological polar surface area (TPSA) is 88.2 Å². The van der Waals surface area contributed by atoms with Crippen LogP contribution in [0.2, 0.25) is 0 Å². The number of likely N-dealkylation sites (tertiary alicyclic amines) is 1. The van der Waals surface area contributed by atoms with E-state index in [-0.39, 0.29) is 42.6 Å². The van der Waals surface area contributed by atoms with Gasteiger partial charge in [0.15, 0.2) is 6.61 Å². The molecule has 1 N–H and O–H groups in total. The van der Waals surface area contributed by atoms with Crippen molar-refractivity contribution in [2.75, 3.05) is 38.1 Å². The first kappa shape index (κ1) is 21.1. The van der Waals surface area contributed by atoms with Gasteiger partial charge in [-0.2, -0.15) is 0 Å². The van der Waals surface area contributed by atoms with Gasteiger partial charge in [-0.25, -0.2) is 4.79 Å². The average molecular weight is 403 g/mol. The Morgan fingerprint density at radius 2 is 1.66 bits per heavy atom. The smallest absolute Gasteiger partial charge is 0.321 e. The first-order valence-electron chi connectivity index (χ1n) is 10.1. The Hall–Kier alpha value is -2.61. The molecule has 158 valence electrons. The summed E-state index contributed by atoms with van der Waals surface area (Å²) in [5.41, 5.74) is 0.740. The van der Waals surface area contributed by atoms with E-state index in [9.17, 15) is 14.4 Å². The molecule has 8 heteroatoms. The van der Waals surface area contributed by atoms with Crippen LogP contribution in [0, 0.1) is 5.92 Å². The molecule has 2 atom stereocenters. The highest BCUT2D eigenvalue weighted by Crippen LogP contribution is 2.20. The number of nitrogens with one attached hydrogen (secondary N) is 1. The van der Waals surface area contributed by atoms with Crippen LogP contribution in [0.15, 0.2) is 30.3 Å². The van der Waals surface area contributed by atoms with Gasteiger partial charge >= 0.3 is 12.0 Å². The number of nitrogens with zero attached hydrogens (tertiary/aromatic N) is 2. The summed E-state index contributed by atoms with van der Waals surface area (Å²) in [5, 5.41) is 2.85. The molecular weight excluding hydrogens is 374 g/mol. The molecule has 1 aromatic carbocycles. The Morgan fingerprint density at radius 3 is 2.28 bits per heavy atom. The van der Waals surface area contributed by atoms with Crippen molar-refractivity contribution in [2.24, 2.45) is 5.92 Å². The molecule has 0 saturated carbocycles. The van der Waals surface area contributed by atoms with Crippen LogP contribution in [-0.4, -0.2) is 72.7 Å². The number of benzene rings is 1. The van der Waals surface area contributed by atoms with Crippen molar-refractivity contribution in [3.63, 3.8) is 0 Å². The van der Waals surface area contributed by atoms with E-state index in [1.807, 2.05) is 44.2 Å². The van der Waals surface area contributed by atoms with Gasteiger partial charge in [-0.1, -0.05) is 18.2 Å². The molecule has 2 heterocycles. The number of para-hydroxylation sites is 1. The van der Waals surface area contributed by atoms with Crippen molar-refractivity contribution in [1.82, 2.24) is 9.80 Å². The molecule has 2 fully saturated rings. The van der Waals surface area contributed by atoms with Gasteiger partial charge in [-0.3, -0.25) is 9.59 Å². The van der Waals surface area contributed by atoms with E-state index in [2.05, 4.69) is 5.32 Å². The van der Waals surface area contributed by atoms with Gasteiger partial charge in [0.25, 0.3) is 5.91 Å². The Morgan fingerprint density at radius 1 is 1.03 bits per heavy atom. The molecule has 0 aliphatic carbocycles. The highest BCUT2D eigenvalue weighted by molar-refractivity contribution is 5.89. The fourth-order valence-corrected chi connectivity index (χ4v) is 3.77. The minimum atomic E-state index is -0.365. The maximum absolute atomic E-state index is 12.3. The Labute approximate surface area is 171 Å². The van der Waals surface area contributed by atoms with E-state index in [0.717, 1.165) is 5.69 Å². The van der Waals surface area contributed by atoms with Crippen molar-refractivity contribution in [3.8, 4) is 0 Å². The van der Waals surface area contributed by atoms with E-state index >= 15 is 0 Å². The number of rotatable bonds is 4. The minimum absolute atomic E-state index is 0.0234. The molecule has 0 spiro atoms. The number of piperidine rings is 1. The molecule has 0 aromatic heterocycles. The van der Waals surface area contributed by atoms with Crippen LogP contribution in [0.3, 0.4) is 0 Å². The van der Waals surface area contributed by atoms with Crippen LogP contribution in [0.4, 0.5) is 10.5 Å². The lowest BCUT2D eigenvalue weighted by Gasteiger charge is -2.35. The summed E-state index contributed by atoms with van der Waals surface area (Å²) in [5.74, 6) is -0.845. The van der Waals surface area contributed by atoms with E-state index in [4.69, 9.17) is 9.47 Å². The van der Waals surface area contributed by atoms with E-state index < -0.39 is 0 Å². The van der Waals surface area contributed by atoms with Gasteiger partial charge in [0, 0.05) is 31.9 Å². The number of ether oxygens (including phenoxy) is 2. The summed E-state index contributed by atoms with van der Waals surface area (Å²) < 4.78 is 10.9. The van der Waals surface area contributed by atoms with Crippen LogP contribution < -0.4 is 5.32 Å². The Bertz CT molecular complexity index is 708. The molecular formula is C21H29N3O5. The zero-order chi connectivity index (χ0) is 20.8. The zero-order valence-electron chi connectivity index (χ0n) is 17.0. The lowest BCUT2D eigenvalue weighted by Crippen LogP contribution is -2.49. The largest absolute Gasteiger partial charge is 0.455 e. The first-order chi connectivity index (χ1) is 13.9. The third-order valence-corrected chi connectivity index (χ3v) is 5.25. The highest BCUT2D eigenvalue weighted by Gasteiger charge is 2.30. The van der Waals surface area contributed by atoms with Crippen LogP contribution in [0.1, 0.15) is 26.7 Å². The maximum Gasteiger partial charge on any atom is 0.321 e. The number of hydrogen-bond acceptors (Lipinski definition) is 5. The molecule has 2 aliphatic rings. The summed E-state index contributed by atoms with van der Waals surface area (Å²) in [6, 6.07) is 9.09. The first-order valence-corrected chi connectivity index (χ1v) is 10.1. The van der Waals surface area contributed by atoms with E-state index in [1.54, 1.807) is 9.80 Å². The predicted octanol–water partition coefficient (Wildman–Crippen LogP) is 2.11. The molecule has 0 bridgehead atoms. The third kappa shape index (κ3) is 5.93. The van der Waals surface area contributed by atoms with Crippen molar-refractivity contribution in [1.29, 1.82) is 0 Å². The SMILES string of the molecule is C[C@H]1CN(C(=O)COC(=O)C2CCN(C(=O)Nc3ccccc3)CC2)C[C@H](C)O1. The lowest BCUT2D eigenvalue weighted by molar-refractivity contribution is -0.160. The molecule has 0 unspecified atom stereocenters. The summed E-state index contributed by atoms with van der Waals surface area (Å²) in [6.45, 7) is 5.57. The molecule has 1 aromatic rings. The predicted molar refractivity (Wildman–Crippen MR) is 107 cm³/mol. The molecule has 29 heavy (non-hydrogen) atoms. The standard InChI is InChI=1S/C21H29N3O5/c1-15-12-24(13-16(2)29-15)19(25)14-28-20(26)17-8-10-23(11-9-17)21(27)22-18-6-4-3-5-7-18/h3-7,15-17H,8-14H2,1-2H3,(H,22,27)/t15-,16-/m0/s1. The fraction of sp³-hybridized carbons (Fsp3) is 0.571. The Balaban J connectivity index is 1.39. The third-order valence-electron chi connectivity index (χ3n) is 5.25. The van der Waals surface area contributed by atoms with Crippen molar-refractivity contribution in [2.45, 2.75) is 38.9 Å². The number of anilines is 1. The van der Waals surface area contributed by atoms with Gasteiger partial charge in [-0.15, -0.1) is 0 Å². The van der Waals surface area contributed by atoms with Crippen LogP contribution in [0.25, 0.3) is 0 Å². The monoisotopic (exact) mass is 403 g/mol. The number of carbonyl (C=O) groups is 3. The van der Waals surface area contributed by atoms with Gasteiger partial charge in [-0.05, 0) is 38.8 Å². The van der Waals surface area contributed by atoms with Crippen LogP contribution in [0.5, 0.6) is 0 Å². The van der Waals surface area contributed by atoms with Crippen molar-refractivity contribution < 1.29 is 23.9 Å². The summed E-state index contributed by atoms with van der Waals surface area (Å²) in [7, 11) is 0. The van der Waals surface area contributed by atoms with Gasteiger partial charge in [0.2, 0.25) is 0 Å². The minimum Gasteiger partial charge on any atom is -0.455 e. The number of carbonyl (C=O) groups excluding carboxylic acids is 3. The van der Waals surface area contributed by atoms with Gasteiger partial charge in [0.05, 0.1) is 18.1 Å². The lowest BCUT2D eigenvalue weighted by atomic mass is 9.97. The molecule has 3 rings (SSSR count). The molecule has 8 nitrogen and oxygen atoms in total. The number of urea groups is 1. The van der Waals surface area contributed by atoms with Crippen molar-refractivity contribution in [3.05, 3.63) is 30.3 Å². The van der Waals surface area contributed by atoms with Crippen LogP contribution >= 0.6 is 0 Å². The number of morpholine rings is 1. The van der Waals surface area contributed by atoms with Gasteiger partial charge in [0.1, 0.15) is 0 Å². The second-order valence-electron chi connectivity index (χ2n) is 7.72. The molecule has 2 saturated heterocycles. The fourth-order valence-electron chi connectivity index (χ4n) is 3.77. The maximum atomic E-state index is 12.3.